The van der Waals surface area contributed by atoms with Gasteiger partial charge in [-0.2, -0.15) is 0 Å². The smallest absolute Gasteiger partial charge is 0.104 e. The van der Waals surface area contributed by atoms with E-state index in [-0.39, 0.29) is 6.17 Å². The minimum Gasteiger partial charge on any atom is -0.360 e. The van der Waals surface area contributed by atoms with Crippen molar-refractivity contribution >= 4 is 0 Å². The highest BCUT2D eigenvalue weighted by Crippen LogP contribution is 1.99. The molecule has 58 valence electrons. The van der Waals surface area contributed by atoms with Gasteiger partial charge >= 0.3 is 0 Å². The number of hydrogen-bond donors (Lipinski definition) is 2. The largest absolute Gasteiger partial charge is 0.360 e. The molecule has 0 fully saturated rings. The van der Waals surface area contributed by atoms with Crippen molar-refractivity contribution in [2.75, 3.05) is 13.7 Å². The number of rotatable bonds is 2. The van der Waals surface area contributed by atoms with Gasteiger partial charge in [0, 0.05) is 19.4 Å². The topological polar surface area (TPSA) is 44.5 Å². The first-order valence-electron chi connectivity index (χ1n) is 3.35. The van der Waals surface area contributed by atoms with E-state index in [4.69, 9.17) is 5.73 Å². The van der Waals surface area contributed by atoms with Crippen molar-refractivity contribution in [2.45, 2.75) is 13.1 Å². The van der Waals surface area contributed by atoms with Crippen LogP contribution >= 0.6 is 0 Å². The number of nitrogens with zero attached hydrogens (tertiary/aromatic N) is 2. The van der Waals surface area contributed by atoms with Crippen LogP contribution in [-0.2, 0) is 0 Å². The summed E-state index contributed by atoms with van der Waals surface area (Å²) in [5.41, 5.74) is 8.57. The Bertz CT molecular complexity index is 132. The predicted molar refractivity (Wildman–Crippen MR) is 40.4 cm³/mol. The lowest BCUT2D eigenvalue weighted by Crippen LogP contribution is -2.45. The van der Waals surface area contributed by atoms with Crippen LogP contribution in [0.15, 0.2) is 12.4 Å². The van der Waals surface area contributed by atoms with E-state index in [2.05, 4.69) is 10.3 Å². The van der Waals surface area contributed by atoms with Crippen LogP contribution in [0, 0.1) is 0 Å². The van der Waals surface area contributed by atoms with Gasteiger partial charge in [-0.1, -0.05) is 0 Å². The molecular formula is C6H14N4. The maximum Gasteiger partial charge on any atom is 0.104 e. The molecule has 0 aromatic carbocycles. The molecule has 1 unspecified atom stereocenters. The van der Waals surface area contributed by atoms with Crippen molar-refractivity contribution in [3.8, 4) is 0 Å². The van der Waals surface area contributed by atoms with Crippen LogP contribution in [0.5, 0.6) is 0 Å². The summed E-state index contributed by atoms with van der Waals surface area (Å²) in [6, 6.07) is 0. The lowest BCUT2D eigenvalue weighted by Gasteiger charge is -2.21. The Morgan fingerprint density at radius 2 is 2.30 bits per heavy atom. The molecule has 0 amide bonds. The standard InChI is InChI=1S/C6H14N4/c1-6(7)8-10-4-3-9(2)5-10/h3-4,6,8H,5,7H2,1-2H3. The lowest BCUT2D eigenvalue weighted by atomic mass is 10.6. The Labute approximate surface area is 61.2 Å². The summed E-state index contributed by atoms with van der Waals surface area (Å²) in [4.78, 5) is 2.06. The van der Waals surface area contributed by atoms with Crippen LogP contribution in [-0.4, -0.2) is 29.8 Å². The van der Waals surface area contributed by atoms with Gasteiger partial charge in [-0.05, 0) is 6.92 Å². The summed E-state index contributed by atoms with van der Waals surface area (Å²) in [6.45, 7) is 2.77. The molecule has 1 aliphatic heterocycles. The number of hydrogen-bond acceptors (Lipinski definition) is 4. The molecule has 4 heteroatoms. The van der Waals surface area contributed by atoms with E-state index in [0.717, 1.165) is 6.67 Å². The highest BCUT2D eigenvalue weighted by molar-refractivity contribution is 4.86. The summed E-state index contributed by atoms with van der Waals surface area (Å²) in [6.07, 6.45) is 3.97. The molecule has 10 heavy (non-hydrogen) atoms. The van der Waals surface area contributed by atoms with E-state index in [1.165, 1.54) is 0 Å². The van der Waals surface area contributed by atoms with Gasteiger partial charge in [-0.25, -0.2) is 5.43 Å². The highest BCUT2D eigenvalue weighted by Gasteiger charge is 2.07. The molecule has 0 bridgehead atoms. The Morgan fingerprint density at radius 3 is 2.70 bits per heavy atom. The molecule has 0 radical (unpaired) electrons. The molecule has 3 N–H and O–H groups in total. The van der Waals surface area contributed by atoms with Crippen LogP contribution in [0.25, 0.3) is 0 Å². The molecule has 0 aliphatic carbocycles. The Morgan fingerprint density at radius 1 is 1.60 bits per heavy atom. The predicted octanol–water partition coefficient (Wildman–Crippen LogP) is -0.528. The van der Waals surface area contributed by atoms with Crippen LogP contribution in [0.3, 0.4) is 0 Å². The van der Waals surface area contributed by atoms with E-state index in [0.29, 0.717) is 0 Å². The van der Waals surface area contributed by atoms with Crippen molar-refractivity contribution < 1.29 is 0 Å². The summed E-state index contributed by atoms with van der Waals surface area (Å²) in [5.74, 6) is 0. The van der Waals surface area contributed by atoms with Gasteiger partial charge in [0.2, 0.25) is 0 Å². The first-order valence-corrected chi connectivity index (χ1v) is 3.35. The van der Waals surface area contributed by atoms with Crippen LogP contribution in [0.1, 0.15) is 6.92 Å². The van der Waals surface area contributed by atoms with Crippen molar-refractivity contribution in [1.29, 1.82) is 0 Å². The van der Waals surface area contributed by atoms with Gasteiger partial charge in [-0.3, -0.25) is 5.01 Å². The first-order chi connectivity index (χ1) is 4.68. The third kappa shape index (κ3) is 1.89. The number of nitrogens with two attached hydrogens (primary N) is 1. The van der Waals surface area contributed by atoms with Gasteiger partial charge in [0.05, 0.1) is 6.17 Å². The fourth-order valence-electron chi connectivity index (χ4n) is 0.874. The molecule has 0 saturated heterocycles. The van der Waals surface area contributed by atoms with Crippen LogP contribution in [0.2, 0.25) is 0 Å². The molecule has 4 nitrogen and oxygen atoms in total. The maximum absolute atomic E-state index is 5.51. The number of nitrogens with one attached hydrogen (secondary N) is 1. The molecular weight excluding hydrogens is 128 g/mol. The second kappa shape index (κ2) is 2.90. The van der Waals surface area contributed by atoms with Crippen LogP contribution in [0.4, 0.5) is 0 Å². The fraction of sp³-hybridized carbons (Fsp3) is 0.667. The third-order valence-electron chi connectivity index (χ3n) is 1.25. The maximum atomic E-state index is 5.51. The third-order valence-corrected chi connectivity index (χ3v) is 1.25. The normalized spacial score (nSPS) is 20.3. The molecule has 1 heterocycles. The Hall–Kier alpha value is -0.740. The summed E-state index contributed by atoms with van der Waals surface area (Å²) in [7, 11) is 2.01. The van der Waals surface area contributed by atoms with Gasteiger partial charge < -0.3 is 10.6 Å². The summed E-state index contributed by atoms with van der Waals surface area (Å²) >= 11 is 0. The van der Waals surface area contributed by atoms with Crippen LogP contribution < -0.4 is 11.2 Å². The van der Waals surface area contributed by atoms with Gasteiger partial charge in [0.25, 0.3) is 0 Å². The average Bonchev–Trinajstić information content (AvgIpc) is 2.13. The highest BCUT2D eigenvalue weighted by atomic mass is 15.6. The molecule has 1 rings (SSSR count). The zero-order chi connectivity index (χ0) is 7.56. The van der Waals surface area contributed by atoms with Gasteiger partial charge in [0.1, 0.15) is 6.67 Å². The monoisotopic (exact) mass is 142 g/mol. The quantitative estimate of drug-likeness (QED) is 0.509. The second-order valence-corrected chi connectivity index (χ2v) is 2.58. The summed E-state index contributed by atoms with van der Waals surface area (Å²) < 4.78 is 0. The molecule has 0 aromatic rings. The number of hydrazine groups is 1. The van der Waals surface area contributed by atoms with Crippen molar-refractivity contribution in [3.63, 3.8) is 0 Å². The van der Waals surface area contributed by atoms with E-state index in [1.54, 1.807) is 0 Å². The van der Waals surface area contributed by atoms with E-state index >= 15 is 0 Å². The second-order valence-electron chi connectivity index (χ2n) is 2.58. The zero-order valence-electron chi connectivity index (χ0n) is 6.41. The molecule has 0 aromatic heterocycles. The van der Waals surface area contributed by atoms with Crippen molar-refractivity contribution in [3.05, 3.63) is 12.4 Å². The lowest BCUT2D eigenvalue weighted by molar-refractivity contribution is 0.200. The molecule has 1 atom stereocenters. The van der Waals surface area contributed by atoms with Gasteiger partial charge in [0.15, 0.2) is 0 Å². The summed E-state index contributed by atoms with van der Waals surface area (Å²) in [5, 5.41) is 1.95. The Balaban J connectivity index is 2.26. The average molecular weight is 142 g/mol. The van der Waals surface area contributed by atoms with E-state index < -0.39 is 0 Å². The molecule has 0 spiro atoms. The first kappa shape index (κ1) is 7.37. The van der Waals surface area contributed by atoms with E-state index in [9.17, 15) is 0 Å². The van der Waals surface area contributed by atoms with E-state index in [1.807, 2.05) is 31.4 Å². The molecule has 1 aliphatic rings. The Kier molecular flexibility index (Phi) is 2.13. The van der Waals surface area contributed by atoms with Crippen molar-refractivity contribution in [2.24, 2.45) is 5.73 Å². The molecule has 0 saturated carbocycles. The minimum absolute atomic E-state index is 0.0103. The zero-order valence-corrected chi connectivity index (χ0v) is 6.41. The minimum atomic E-state index is 0.0103. The van der Waals surface area contributed by atoms with Gasteiger partial charge in [-0.15, -0.1) is 0 Å². The fourth-order valence-corrected chi connectivity index (χ4v) is 0.874. The SMILES string of the molecule is CC(N)NN1C=CN(C)C1. The van der Waals surface area contributed by atoms with Crippen molar-refractivity contribution in [1.82, 2.24) is 15.3 Å².